The second-order valence-electron chi connectivity index (χ2n) is 4.46. The third-order valence-electron chi connectivity index (χ3n) is 2.95. The van der Waals surface area contributed by atoms with Crippen LogP contribution in [0.15, 0.2) is 24.3 Å². The van der Waals surface area contributed by atoms with Crippen LogP contribution in [0.4, 0.5) is 0 Å². The molecule has 2 unspecified atom stereocenters. The van der Waals surface area contributed by atoms with E-state index in [9.17, 15) is 14.7 Å². The number of imide groups is 1. The van der Waals surface area contributed by atoms with Gasteiger partial charge in [-0.3, -0.25) is 14.5 Å². The van der Waals surface area contributed by atoms with E-state index in [1.54, 1.807) is 38.1 Å². The summed E-state index contributed by atoms with van der Waals surface area (Å²) in [5, 5.41) is 9.32. The summed E-state index contributed by atoms with van der Waals surface area (Å²) < 4.78 is 0. The Morgan fingerprint density at radius 2 is 1.59 bits per heavy atom. The quantitative estimate of drug-likeness (QED) is 0.804. The van der Waals surface area contributed by atoms with Gasteiger partial charge in [0.25, 0.3) is 11.8 Å². The molecule has 17 heavy (non-hydrogen) atoms. The Morgan fingerprint density at radius 3 is 2.00 bits per heavy atom. The molecule has 2 amide bonds. The van der Waals surface area contributed by atoms with Crippen molar-refractivity contribution in [3.8, 4) is 0 Å². The molecule has 4 nitrogen and oxygen atoms in total. The van der Waals surface area contributed by atoms with Crippen molar-refractivity contribution in [2.75, 3.05) is 0 Å². The van der Waals surface area contributed by atoms with Gasteiger partial charge >= 0.3 is 0 Å². The number of fused-ring (bicyclic) bond motifs is 1. The largest absolute Gasteiger partial charge is 0.393 e. The summed E-state index contributed by atoms with van der Waals surface area (Å²) >= 11 is 0. The number of aliphatic hydroxyl groups is 1. The van der Waals surface area contributed by atoms with E-state index < -0.39 is 6.10 Å². The molecule has 1 aliphatic rings. The third-order valence-corrected chi connectivity index (χ3v) is 2.95. The van der Waals surface area contributed by atoms with E-state index >= 15 is 0 Å². The van der Waals surface area contributed by atoms with Crippen molar-refractivity contribution < 1.29 is 14.7 Å². The smallest absolute Gasteiger partial charge is 0.261 e. The van der Waals surface area contributed by atoms with Gasteiger partial charge in [-0.15, -0.1) is 0 Å². The maximum Gasteiger partial charge on any atom is 0.261 e. The molecule has 1 aromatic carbocycles. The maximum absolute atomic E-state index is 12.1. The van der Waals surface area contributed by atoms with Crippen LogP contribution in [-0.4, -0.2) is 34.0 Å². The van der Waals surface area contributed by atoms with E-state index in [1.807, 2.05) is 0 Å². The van der Waals surface area contributed by atoms with Crippen molar-refractivity contribution in [1.82, 2.24) is 4.90 Å². The van der Waals surface area contributed by atoms with Gasteiger partial charge in [0.2, 0.25) is 0 Å². The topological polar surface area (TPSA) is 57.6 Å². The van der Waals surface area contributed by atoms with Gasteiger partial charge in [0.05, 0.1) is 17.2 Å². The first-order valence-corrected chi connectivity index (χ1v) is 5.67. The Balaban J connectivity index is 2.30. The summed E-state index contributed by atoms with van der Waals surface area (Å²) in [7, 11) is 0. The number of aliphatic hydroxyl groups excluding tert-OH is 1. The highest BCUT2D eigenvalue weighted by Crippen LogP contribution is 2.25. The highest BCUT2D eigenvalue weighted by Gasteiger charge is 2.38. The van der Waals surface area contributed by atoms with Crippen molar-refractivity contribution in [2.45, 2.75) is 32.4 Å². The van der Waals surface area contributed by atoms with Crippen LogP contribution < -0.4 is 0 Å². The molecule has 0 saturated carbocycles. The predicted molar refractivity (Wildman–Crippen MR) is 62.7 cm³/mol. The molecule has 0 bridgehead atoms. The molecule has 1 heterocycles. The van der Waals surface area contributed by atoms with E-state index in [-0.39, 0.29) is 17.9 Å². The van der Waals surface area contributed by atoms with Gasteiger partial charge in [0.1, 0.15) is 0 Å². The fraction of sp³-hybridized carbons (Fsp3) is 0.385. The normalized spacial score (nSPS) is 18.2. The summed E-state index contributed by atoms with van der Waals surface area (Å²) in [4.78, 5) is 25.3. The number of rotatable bonds is 3. The molecule has 0 fully saturated rings. The average Bonchev–Trinajstić information content (AvgIpc) is 2.51. The number of nitrogens with zero attached hydrogens (tertiary/aromatic N) is 1. The lowest BCUT2D eigenvalue weighted by Gasteiger charge is -2.23. The molecular formula is C13H15NO3. The minimum Gasteiger partial charge on any atom is -0.393 e. The maximum atomic E-state index is 12.1. The summed E-state index contributed by atoms with van der Waals surface area (Å²) in [6, 6.07) is 6.51. The van der Waals surface area contributed by atoms with Crippen molar-refractivity contribution in [1.29, 1.82) is 0 Å². The molecule has 0 saturated heterocycles. The first-order chi connectivity index (χ1) is 8.02. The molecule has 90 valence electrons. The van der Waals surface area contributed by atoms with Crippen molar-refractivity contribution in [3.05, 3.63) is 35.4 Å². The van der Waals surface area contributed by atoms with Crippen molar-refractivity contribution in [2.24, 2.45) is 0 Å². The minimum atomic E-state index is -0.533. The van der Waals surface area contributed by atoms with Gasteiger partial charge in [0.15, 0.2) is 0 Å². The number of carbonyl (C=O) groups is 2. The Hall–Kier alpha value is -1.68. The van der Waals surface area contributed by atoms with Gasteiger partial charge in [-0.05, 0) is 32.4 Å². The SMILES string of the molecule is CC(O)CC(C)N1C(=O)c2ccccc2C1=O. The third kappa shape index (κ3) is 1.96. The minimum absolute atomic E-state index is 0.265. The van der Waals surface area contributed by atoms with Crippen LogP contribution in [0.3, 0.4) is 0 Å². The summed E-state index contributed by atoms with van der Waals surface area (Å²) in [5.74, 6) is -0.530. The second kappa shape index (κ2) is 4.30. The Kier molecular flexibility index (Phi) is 2.98. The molecule has 1 N–H and O–H groups in total. The molecule has 0 aromatic heterocycles. The first-order valence-electron chi connectivity index (χ1n) is 5.67. The van der Waals surface area contributed by atoms with Gasteiger partial charge in [-0.2, -0.15) is 0 Å². The summed E-state index contributed by atoms with van der Waals surface area (Å²) in [5.41, 5.74) is 0.907. The molecule has 4 heteroatoms. The van der Waals surface area contributed by atoms with Gasteiger partial charge in [-0.25, -0.2) is 0 Å². The van der Waals surface area contributed by atoms with Crippen LogP contribution in [0.1, 0.15) is 41.0 Å². The van der Waals surface area contributed by atoms with E-state index in [0.717, 1.165) is 0 Å². The molecule has 2 atom stereocenters. The van der Waals surface area contributed by atoms with Crippen molar-refractivity contribution in [3.63, 3.8) is 0 Å². The van der Waals surface area contributed by atoms with E-state index in [4.69, 9.17) is 0 Å². The van der Waals surface area contributed by atoms with Crippen LogP contribution in [-0.2, 0) is 0 Å². The zero-order valence-electron chi connectivity index (χ0n) is 9.88. The zero-order chi connectivity index (χ0) is 12.6. The first kappa shape index (κ1) is 11.8. The van der Waals surface area contributed by atoms with Crippen molar-refractivity contribution >= 4 is 11.8 Å². The Bertz CT molecular complexity index is 432. The fourth-order valence-electron chi connectivity index (χ4n) is 2.21. The molecule has 1 aromatic rings. The number of hydrogen-bond acceptors (Lipinski definition) is 3. The average molecular weight is 233 g/mol. The number of amides is 2. The Labute approximate surface area is 99.9 Å². The standard InChI is InChI=1S/C13H15NO3/c1-8(7-9(2)15)14-12(16)10-5-3-4-6-11(10)13(14)17/h3-6,8-9,15H,7H2,1-2H3. The van der Waals surface area contributed by atoms with Crippen LogP contribution in [0, 0.1) is 0 Å². The lowest BCUT2D eigenvalue weighted by molar-refractivity contribution is 0.0546. The molecule has 0 spiro atoms. The van der Waals surface area contributed by atoms with E-state index in [1.165, 1.54) is 4.90 Å². The zero-order valence-corrected chi connectivity index (χ0v) is 9.88. The monoisotopic (exact) mass is 233 g/mol. The van der Waals surface area contributed by atoms with Gasteiger partial charge in [-0.1, -0.05) is 12.1 Å². The van der Waals surface area contributed by atoms with Gasteiger partial charge in [0, 0.05) is 6.04 Å². The fourth-order valence-corrected chi connectivity index (χ4v) is 2.21. The number of hydrogen-bond donors (Lipinski definition) is 1. The van der Waals surface area contributed by atoms with Crippen LogP contribution in [0.2, 0.25) is 0 Å². The molecule has 2 rings (SSSR count). The second-order valence-corrected chi connectivity index (χ2v) is 4.46. The van der Waals surface area contributed by atoms with Crippen LogP contribution in [0.25, 0.3) is 0 Å². The highest BCUT2D eigenvalue weighted by atomic mass is 16.3. The van der Waals surface area contributed by atoms with E-state index in [0.29, 0.717) is 17.5 Å². The van der Waals surface area contributed by atoms with Gasteiger partial charge < -0.3 is 5.11 Å². The molecular weight excluding hydrogens is 218 g/mol. The number of carbonyl (C=O) groups excluding carboxylic acids is 2. The lowest BCUT2D eigenvalue weighted by Crippen LogP contribution is -2.39. The Morgan fingerprint density at radius 1 is 1.12 bits per heavy atom. The summed E-state index contributed by atoms with van der Waals surface area (Å²) in [6.45, 7) is 3.42. The molecule has 1 aliphatic heterocycles. The van der Waals surface area contributed by atoms with Crippen LogP contribution in [0.5, 0.6) is 0 Å². The van der Waals surface area contributed by atoms with Crippen LogP contribution >= 0.6 is 0 Å². The number of benzene rings is 1. The van der Waals surface area contributed by atoms with E-state index in [2.05, 4.69) is 0 Å². The lowest BCUT2D eigenvalue weighted by atomic mass is 10.1. The molecule has 0 aliphatic carbocycles. The summed E-state index contributed by atoms with van der Waals surface area (Å²) in [6.07, 6.45) is -0.139. The highest BCUT2D eigenvalue weighted by molar-refractivity contribution is 6.21. The predicted octanol–water partition coefficient (Wildman–Crippen LogP) is 1.44. The molecule has 0 radical (unpaired) electrons.